The third-order valence-corrected chi connectivity index (χ3v) is 4.95. The van der Waals surface area contributed by atoms with Crippen molar-refractivity contribution in [2.24, 2.45) is 0 Å². The van der Waals surface area contributed by atoms with Crippen LogP contribution in [0.25, 0.3) is 11.3 Å². The first kappa shape index (κ1) is 11.7. The lowest BCUT2D eigenvalue weighted by Crippen LogP contribution is -2.29. The van der Waals surface area contributed by atoms with E-state index in [4.69, 9.17) is 4.98 Å². The Bertz CT molecular complexity index is 626. The molecule has 2 N–H and O–H groups in total. The Morgan fingerprint density at radius 1 is 1.32 bits per heavy atom. The smallest absolute Gasteiger partial charge is 0.111 e. The van der Waals surface area contributed by atoms with Crippen LogP contribution in [0.3, 0.4) is 0 Å². The topological polar surface area (TPSA) is 40.7 Å². The molecule has 98 valence electrons. The quantitative estimate of drug-likeness (QED) is 0.723. The fourth-order valence-corrected chi connectivity index (χ4v) is 3.70. The number of fused-ring (bicyclic) bond motifs is 3. The molecule has 4 heteroatoms. The van der Waals surface area contributed by atoms with Crippen molar-refractivity contribution in [1.82, 2.24) is 15.3 Å². The summed E-state index contributed by atoms with van der Waals surface area (Å²) in [6, 6.07) is 6.38. The van der Waals surface area contributed by atoms with E-state index in [1.807, 2.05) is 0 Å². The first-order chi connectivity index (χ1) is 9.33. The van der Waals surface area contributed by atoms with Crippen molar-refractivity contribution in [1.29, 1.82) is 0 Å². The van der Waals surface area contributed by atoms with Crippen LogP contribution in [-0.2, 0) is 6.42 Å². The van der Waals surface area contributed by atoms with Crippen molar-refractivity contribution in [3.05, 3.63) is 39.8 Å². The highest BCUT2D eigenvalue weighted by Gasteiger charge is 2.27. The Kier molecular flexibility index (Phi) is 2.74. The second kappa shape index (κ2) is 4.46. The summed E-state index contributed by atoms with van der Waals surface area (Å²) in [7, 11) is 0. The van der Waals surface area contributed by atoms with Crippen LogP contribution in [0.4, 0.5) is 0 Å². The van der Waals surface area contributed by atoms with Crippen LogP contribution in [0, 0.1) is 0 Å². The number of piperidine rings is 1. The van der Waals surface area contributed by atoms with Gasteiger partial charge < -0.3 is 10.3 Å². The van der Waals surface area contributed by atoms with Gasteiger partial charge in [0.25, 0.3) is 0 Å². The van der Waals surface area contributed by atoms with Crippen LogP contribution in [0.2, 0.25) is 0 Å². The van der Waals surface area contributed by atoms with E-state index in [1.165, 1.54) is 40.0 Å². The zero-order valence-corrected chi connectivity index (χ0v) is 12.3. The molecule has 19 heavy (non-hydrogen) atoms. The van der Waals surface area contributed by atoms with Gasteiger partial charge in [-0.2, -0.15) is 0 Å². The van der Waals surface area contributed by atoms with Crippen molar-refractivity contribution in [2.75, 3.05) is 13.1 Å². The number of benzene rings is 1. The molecule has 1 aliphatic carbocycles. The van der Waals surface area contributed by atoms with E-state index in [9.17, 15) is 0 Å². The summed E-state index contributed by atoms with van der Waals surface area (Å²) in [6.07, 6.45) is 3.46. The Morgan fingerprint density at radius 2 is 2.26 bits per heavy atom. The molecule has 1 aromatic heterocycles. The maximum absolute atomic E-state index is 4.88. The summed E-state index contributed by atoms with van der Waals surface area (Å²) in [5.74, 6) is 1.72. The minimum absolute atomic E-state index is 0.551. The largest absolute Gasteiger partial charge is 0.345 e. The molecular weight excluding hydrogens is 302 g/mol. The molecule has 2 aliphatic rings. The number of aromatic nitrogens is 2. The molecular formula is C15H16BrN3. The molecule has 1 fully saturated rings. The minimum Gasteiger partial charge on any atom is -0.345 e. The standard InChI is InChI=1S/C15H16BrN3/c16-12-5-1-4-10-11(12)7-13-14(10)19-15(18-13)9-3-2-6-17-8-9/h1,4-5,9,17H,2-3,6-8H2,(H,18,19). The molecule has 0 saturated carbocycles. The van der Waals surface area contributed by atoms with Crippen LogP contribution in [0.5, 0.6) is 0 Å². The normalized spacial score (nSPS) is 21.2. The molecule has 2 aromatic rings. The third kappa shape index (κ3) is 1.85. The number of halogens is 1. The average Bonchev–Trinajstić information content (AvgIpc) is 2.99. The van der Waals surface area contributed by atoms with E-state index >= 15 is 0 Å². The number of nitrogens with zero attached hydrogens (tertiary/aromatic N) is 1. The first-order valence-corrected chi connectivity index (χ1v) is 7.69. The zero-order chi connectivity index (χ0) is 12.8. The number of nitrogens with one attached hydrogen (secondary N) is 2. The lowest BCUT2D eigenvalue weighted by Gasteiger charge is -2.20. The molecule has 2 heterocycles. The van der Waals surface area contributed by atoms with Gasteiger partial charge in [-0.05, 0) is 31.0 Å². The molecule has 4 rings (SSSR count). The van der Waals surface area contributed by atoms with Gasteiger partial charge in [-0.3, -0.25) is 0 Å². The SMILES string of the molecule is Brc1cccc2c1Cc1[nH]c(C3CCCNC3)nc1-2. The minimum atomic E-state index is 0.551. The summed E-state index contributed by atoms with van der Waals surface area (Å²) in [5.41, 5.74) is 5.10. The van der Waals surface area contributed by atoms with E-state index in [1.54, 1.807) is 0 Å². The molecule has 3 nitrogen and oxygen atoms in total. The van der Waals surface area contributed by atoms with Crippen molar-refractivity contribution in [3.63, 3.8) is 0 Å². The highest BCUT2D eigenvalue weighted by atomic mass is 79.9. The number of hydrogen-bond donors (Lipinski definition) is 2. The lowest BCUT2D eigenvalue weighted by molar-refractivity contribution is 0.448. The van der Waals surface area contributed by atoms with Crippen molar-refractivity contribution in [3.8, 4) is 11.3 Å². The molecule has 0 spiro atoms. The Labute approximate surface area is 121 Å². The monoisotopic (exact) mass is 317 g/mol. The second-order valence-corrected chi connectivity index (χ2v) is 6.29. The van der Waals surface area contributed by atoms with Crippen molar-refractivity contribution < 1.29 is 0 Å². The van der Waals surface area contributed by atoms with Gasteiger partial charge >= 0.3 is 0 Å². The summed E-state index contributed by atoms with van der Waals surface area (Å²) in [6.45, 7) is 2.20. The predicted molar refractivity (Wildman–Crippen MR) is 79.4 cm³/mol. The molecule has 0 bridgehead atoms. The van der Waals surface area contributed by atoms with Gasteiger partial charge in [0.05, 0.1) is 5.69 Å². The number of hydrogen-bond acceptors (Lipinski definition) is 2. The lowest BCUT2D eigenvalue weighted by atomic mass is 9.99. The van der Waals surface area contributed by atoms with Crippen LogP contribution >= 0.6 is 15.9 Å². The maximum atomic E-state index is 4.88. The van der Waals surface area contributed by atoms with Crippen molar-refractivity contribution >= 4 is 15.9 Å². The van der Waals surface area contributed by atoms with Gasteiger partial charge in [-0.1, -0.05) is 28.1 Å². The van der Waals surface area contributed by atoms with E-state index in [2.05, 4.69) is 44.4 Å². The van der Waals surface area contributed by atoms with Crippen molar-refractivity contribution in [2.45, 2.75) is 25.2 Å². The van der Waals surface area contributed by atoms with E-state index < -0.39 is 0 Å². The fraction of sp³-hybridized carbons (Fsp3) is 0.400. The Hall–Kier alpha value is -1.13. The fourth-order valence-electron chi connectivity index (χ4n) is 3.20. The highest BCUT2D eigenvalue weighted by molar-refractivity contribution is 9.10. The number of H-pyrrole nitrogens is 1. The molecule has 1 aromatic carbocycles. The molecule has 1 atom stereocenters. The van der Waals surface area contributed by atoms with Crippen LogP contribution in [0.15, 0.2) is 22.7 Å². The molecule has 1 saturated heterocycles. The zero-order valence-electron chi connectivity index (χ0n) is 10.7. The number of imidazole rings is 1. The second-order valence-electron chi connectivity index (χ2n) is 5.44. The van der Waals surface area contributed by atoms with Crippen LogP contribution in [0.1, 0.15) is 35.8 Å². The van der Waals surface area contributed by atoms with E-state index in [-0.39, 0.29) is 0 Å². The number of rotatable bonds is 1. The van der Waals surface area contributed by atoms with Crippen LogP contribution < -0.4 is 5.32 Å². The average molecular weight is 318 g/mol. The number of aromatic amines is 1. The third-order valence-electron chi connectivity index (χ3n) is 4.21. The highest BCUT2D eigenvalue weighted by Crippen LogP contribution is 2.39. The Balaban J connectivity index is 1.73. The summed E-state index contributed by atoms with van der Waals surface area (Å²) >= 11 is 3.63. The van der Waals surface area contributed by atoms with Gasteiger partial charge in [-0.25, -0.2) is 4.98 Å². The Morgan fingerprint density at radius 3 is 3.11 bits per heavy atom. The van der Waals surface area contributed by atoms with Gasteiger partial charge in [0.15, 0.2) is 0 Å². The summed E-state index contributed by atoms with van der Waals surface area (Å²) in [5, 5.41) is 3.46. The van der Waals surface area contributed by atoms with E-state index in [0.717, 1.165) is 25.2 Å². The summed E-state index contributed by atoms with van der Waals surface area (Å²) < 4.78 is 1.19. The van der Waals surface area contributed by atoms with E-state index in [0.29, 0.717) is 5.92 Å². The van der Waals surface area contributed by atoms with Crippen LogP contribution in [-0.4, -0.2) is 23.1 Å². The molecule has 1 aliphatic heterocycles. The van der Waals surface area contributed by atoms with Gasteiger partial charge in [0.2, 0.25) is 0 Å². The van der Waals surface area contributed by atoms with Gasteiger partial charge in [0.1, 0.15) is 5.82 Å². The van der Waals surface area contributed by atoms with Gasteiger partial charge in [-0.15, -0.1) is 0 Å². The molecule has 0 radical (unpaired) electrons. The maximum Gasteiger partial charge on any atom is 0.111 e. The molecule has 0 amide bonds. The predicted octanol–water partition coefficient (Wildman–Crippen LogP) is 3.21. The first-order valence-electron chi connectivity index (χ1n) is 6.90. The van der Waals surface area contributed by atoms with Gasteiger partial charge in [0, 0.05) is 34.6 Å². The summed E-state index contributed by atoms with van der Waals surface area (Å²) in [4.78, 5) is 8.45. The molecule has 1 unspecified atom stereocenters.